The van der Waals surface area contributed by atoms with Gasteiger partial charge in [0.25, 0.3) is 0 Å². The van der Waals surface area contributed by atoms with E-state index in [1.165, 1.54) is 12.1 Å². The molecule has 0 aliphatic carbocycles. The summed E-state index contributed by atoms with van der Waals surface area (Å²) in [6.45, 7) is 11.3. The van der Waals surface area contributed by atoms with Crippen LogP contribution in [0.1, 0.15) is 27.2 Å². The van der Waals surface area contributed by atoms with E-state index in [0.29, 0.717) is 143 Å². The van der Waals surface area contributed by atoms with E-state index in [1.54, 1.807) is 12.4 Å². The molecular formula is C48H67F3I3N3O14. The minimum absolute atomic E-state index is 0. The van der Waals surface area contributed by atoms with Crippen molar-refractivity contribution in [2.24, 2.45) is 0 Å². The Morgan fingerprint density at radius 1 is 0.704 bits per heavy atom. The molecule has 71 heavy (non-hydrogen) atoms. The van der Waals surface area contributed by atoms with Crippen molar-refractivity contribution in [1.82, 2.24) is 9.97 Å². The quantitative estimate of drug-likeness (QED) is 0.0291. The fraction of sp³-hybridized carbons (Fsp3) is 0.562. The number of halogens is 6. The lowest BCUT2D eigenvalue weighted by Crippen LogP contribution is -2.36. The molecule has 0 amide bonds. The zero-order valence-corrected chi connectivity index (χ0v) is 46.6. The average molecular weight is 1350 g/mol. The molecule has 0 bridgehead atoms. The van der Waals surface area contributed by atoms with Gasteiger partial charge in [0.1, 0.15) is 25.5 Å². The van der Waals surface area contributed by atoms with Crippen molar-refractivity contribution in [3.63, 3.8) is 0 Å². The predicted octanol–water partition coefficient (Wildman–Crippen LogP) is 5.85. The number of carbonyl (C=O) groups excluding carboxylic acids is 1. The van der Waals surface area contributed by atoms with Gasteiger partial charge in [0.05, 0.1) is 131 Å². The molecular weight excluding hydrogens is 1280 g/mol. The first-order valence-corrected chi connectivity index (χ1v) is 28.5. The Hall–Kier alpha value is -2.59. The number of hydrogen-bond donors (Lipinski definition) is 3. The molecule has 1 fully saturated rings. The summed E-state index contributed by atoms with van der Waals surface area (Å²) in [6.07, 6.45) is 8.70. The minimum atomic E-state index is -4.53. The third-order valence-electron chi connectivity index (χ3n) is 8.92. The van der Waals surface area contributed by atoms with Crippen molar-refractivity contribution < 1.29 is 80.7 Å². The summed E-state index contributed by atoms with van der Waals surface area (Å²) in [4.78, 5) is 24.1. The van der Waals surface area contributed by atoms with Gasteiger partial charge >= 0.3 is 6.18 Å². The summed E-state index contributed by atoms with van der Waals surface area (Å²) in [6, 6.07) is 8.23. The molecule has 1 aliphatic rings. The third-order valence-corrected chi connectivity index (χ3v) is 8.92. The average Bonchev–Trinajstić information content (AvgIpc) is 3.38. The number of ketones is 1. The maximum Gasteiger partial charge on any atom is 0.416 e. The molecule has 1 saturated heterocycles. The highest BCUT2D eigenvalue weighted by molar-refractivity contribution is 15.0. The molecule has 400 valence electrons. The largest absolute Gasteiger partial charge is 0.474 e. The number of terminal acetylenes is 2. The smallest absolute Gasteiger partial charge is 0.416 e. The number of aliphatic hydroxyl groups excluding tert-OH is 3. The number of pyridine rings is 2. The first kappa shape index (κ1) is 68.4. The Morgan fingerprint density at radius 3 is 1.66 bits per heavy atom. The second kappa shape index (κ2) is 46.0. The van der Waals surface area contributed by atoms with Crippen LogP contribution in [0.15, 0.2) is 48.8 Å². The number of nitrogens with zero attached hydrogens (tertiary/aromatic N) is 3. The van der Waals surface area contributed by atoms with Gasteiger partial charge in [0, 0.05) is 91.5 Å². The number of Topliss-reactive ketones (excluding diaryl/α,β-unsaturated/α-hetero) is 1. The molecule has 3 heterocycles. The van der Waals surface area contributed by atoms with Gasteiger partial charge in [-0.3, -0.25) is 9.78 Å². The number of hydrogen-bond acceptors (Lipinski definition) is 17. The fourth-order valence-corrected chi connectivity index (χ4v) is 5.71. The van der Waals surface area contributed by atoms with Gasteiger partial charge in [-0.2, -0.15) is 13.2 Å². The summed E-state index contributed by atoms with van der Waals surface area (Å²) in [5.74, 6) is 4.77. The van der Waals surface area contributed by atoms with E-state index in [2.05, 4.69) is 63.9 Å². The van der Waals surface area contributed by atoms with E-state index in [4.69, 9.17) is 75.5 Å². The van der Waals surface area contributed by atoms with Crippen LogP contribution < -0.4 is 9.64 Å². The lowest BCUT2D eigenvalue weighted by molar-refractivity contribution is -0.137. The molecule has 23 heteroatoms. The molecule has 3 aromatic rings. The van der Waals surface area contributed by atoms with Crippen molar-refractivity contribution in [3.8, 4) is 41.7 Å². The van der Waals surface area contributed by atoms with Crippen LogP contribution in [0.4, 0.5) is 18.9 Å². The fourth-order valence-electron chi connectivity index (χ4n) is 5.71. The predicted molar refractivity (Wildman–Crippen MR) is 289 cm³/mol. The number of morpholine rings is 1. The summed E-state index contributed by atoms with van der Waals surface area (Å²) >= 11 is 4.24. The standard InChI is InChI=1S/C33H36F3N3O6.C9H16O4.C6H14O4.I2.HI/c1-3-9-41-12-13-43-14-15-44-16-17-45-32-30(39-7-10-42-11-8-39)21-27(23-38-32)29-18-25(22-37-24(29)2)19-31(40)26-5-4-6-28(20-26)33(34,35)36;1-2-4-11-6-8-13-9-7-12-5-3-10;7-1-3-9-5-6-10-4-2-8;1-2;/h1,4-6,18,20-23H,7-17,19H2,2H3;1,10H,3-9H2;7-8H,1-6H2;;1H. The third kappa shape index (κ3) is 33.1. The molecule has 2 aromatic heterocycles. The molecule has 0 unspecified atom stereocenters. The van der Waals surface area contributed by atoms with Crippen molar-refractivity contribution in [3.05, 3.63) is 71.2 Å². The number of carbonyl (C=O) groups is 1. The first-order valence-electron chi connectivity index (χ1n) is 22.2. The van der Waals surface area contributed by atoms with E-state index in [9.17, 15) is 18.0 Å². The van der Waals surface area contributed by atoms with Crippen LogP contribution >= 0.6 is 61.2 Å². The van der Waals surface area contributed by atoms with Crippen molar-refractivity contribution in [2.45, 2.75) is 19.5 Å². The number of benzene rings is 1. The molecule has 1 aromatic carbocycles. The van der Waals surface area contributed by atoms with E-state index in [0.717, 1.165) is 28.9 Å². The molecule has 17 nitrogen and oxygen atoms in total. The summed E-state index contributed by atoms with van der Waals surface area (Å²) in [5, 5.41) is 24.9. The van der Waals surface area contributed by atoms with Gasteiger partial charge in [0.15, 0.2) is 5.78 Å². The number of aromatic nitrogens is 2. The van der Waals surface area contributed by atoms with Gasteiger partial charge in [-0.15, -0.1) is 36.8 Å². The van der Waals surface area contributed by atoms with Gasteiger partial charge in [-0.25, -0.2) is 4.98 Å². The van der Waals surface area contributed by atoms with E-state index in [-0.39, 0.29) is 69.0 Å². The van der Waals surface area contributed by atoms with Crippen LogP contribution in [-0.2, 0) is 55.2 Å². The highest BCUT2D eigenvalue weighted by Crippen LogP contribution is 2.34. The Morgan fingerprint density at radius 2 is 1.18 bits per heavy atom. The highest BCUT2D eigenvalue weighted by Gasteiger charge is 2.31. The van der Waals surface area contributed by atoms with Crippen molar-refractivity contribution in [2.75, 3.05) is 163 Å². The Kier molecular flexibility index (Phi) is 44.3. The van der Waals surface area contributed by atoms with Crippen LogP contribution in [0.3, 0.4) is 0 Å². The van der Waals surface area contributed by atoms with Crippen molar-refractivity contribution >= 4 is 72.7 Å². The lowest BCUT2D eigenvalue weighted by atomic mass is 9.98. The molecule has 0 radical (unpaired) electrons. The normalized spacial score (nSPS) is 11.8. The van der Waals surface area contributed by atoms with Crippen LogP contribution in [0.2, 0.25) is 0 Å². The summed E-state index contributed by atoms with van der Waals surface area (Å²) < 4.78 is 92.0. The second-order valence-electron chi connectivity index (χ2n) is 14.0. The zero-order chi connectivity index (χ0) is 51.5. The molecule has 3 N–H and O–H groups in total. The van der Waals surface area contributed by atoms with Crippen LogP contribution in [0.5, 0.6) is 5.88 Å². The van der Waals surface area contributed by atoms with E-state index in [1.807, 2.05) is 19.1 Å². The minimum Gasteiger partial charge on any atom is -0.474 e. The van der Waals surface area contributed by atoms with Gasteiger partial charge < -0.3 is 67.6 Å². The Labute approximate surface area is 455 Å². The Bertz CT molecular complexity index is 1880. The topological polar surface area (TPSA) is 199 Å². The molecule has 1 aliphatic heterocycles. The van der Waals surface area contributed by atoms with E-state index < -0.39 is 17.5 Å². The maximum absolute atomic E-state index is 13.2. The number of aryl methyl sites for hydroxylation is 1. The van der Waals surface area contributed by atoms with Gasteiger partial charge in [-0.05, 0) is 36.8 Å². The zero-order valence-electron chi connectivity index (χ0n) is 39.9. The van der Waals surface area contributed by atoms with Crippen LogP contribution in [0.25, 0.3) is 11.1 Å². The second-order valence-corrected chi connectivity index (χ2v) is 14.0. The lowest BCUT2D eigenvalue weighted by Gasteiger charge is -2.30. The maximum atomic E-state index is 13.2. The number of aliphatic hydroxyl groups is 3. The SMILES string of the molecule is C#CCOCCOCCOCCO.C#CCOCCOCCOCCOc1ncc(-c2cc(CC(=O)c3cccc(C(F)(F)F)c3)cnc2C)cc1N1CCOCC1.I.II.OCCOCCOCCO. The first-order chi connectivity index (χ1) is 34.1. The molecule has 0 spiro atoms. The number of ether oxygens (including phenoxy) is 10. The number of anilines is 1. The molecule has 4 rings (SSSR count). The van der Waals surface area contributed by atoms with Crippen molar-refractivity contribution in [1.29, 1.82) is 0 Å². The van der Waals surface area contributed by atoms with Crippen LogP contribution in [-0.4, -0.2) is 190 Å². The summed E-state index contributed by atoms with van der Waals surface area (Å²) in [5.41, 5.74) is 2.73. The van der Waals surface area contributed by atoms with E-state index >= 15 is 0 Å². The number of rotatable bonds is 32. The molecule has 0 saturated carbocycles. The molecule has 0 atom stereocenters. The number of alkyl halides is 3. The summed E-state index contributed by atoms with van der Waals surface area (Å²) in [7, 11) is 0. The van der Waals surface area contributed by atoms with Crippen LogP contribution in [0, 0.1) is 31.6 Å². The highest BCUT2D eigenvalue weighted by atomic mass is 128. The monoisotopic (exact) mass is 1350 g/mol. The Balaban J connectivity index is 0.00000155. The van der Waals surface area contributed by atoms with Gasteiger partial charge in [0.2, 0.25) is 5.88 Å². The van der Waals surface area contributed by atoms with Gasteiger partial charge in [-0.1, -0.05) is 24.0 Å².